The lowest BCUT2D eigenvalue weighted by Crippen LogP contribution is -2.47. The smallest absolute Gasteiger partial charge is 0.0577 e. The summed E-state index contributed by atoms with van der Waals surface area (Å²) in [5, 5.41) is 10.1. The molecule has 0 radical (unpaired) electrons. The number of hydrogen-bond donors (Lipinski definition) is 1. The van der Waals surface area contributed by atoms with Gasteiger partial charge in [0.1, 0.15) is 0 Å². The van der Waals surface area contributed by atoms with E-state index in [2.05, 4.69) is 26.8 Å². The maximum absolute atomic E-state index is 10.1. The molecule has 148 valence electrons. The van der Waals surface area contributed by atoms with Gasteiger partial charge >= 0.3 is 0 Å². The van der Waals surface area contributed by atoms with Crippen LogP contribution in [0.4, 0.5) is 0 Å². The number of aliphatic hydroxyl groups is 1. The molecule has 3 fully saturated rings. The molecule has 0 aromatic carbocycles. The molecule has 26 heavy (non-hydrogen) atoms. The van der Waals surface area contributed by atoms with Crippen LogP contribution in [0.25, 0.3) is 0 Å². The standard InChI is InChI=1S/C25H42O/c1-17(2)6-4-5-7-18-8-10-22-21(18)12-13-24-23(22)11-9-19-16-20(26)14-15-25(19,24)3/h9,17-18,20-24,26H,4-8,10-16H2,1-3H3. The normalized spacial score (nSPS) is 45.0. The molecule has 0 amide bonds. The zero-order chi connectivity index (χ0) is 18.3. The van der Waals surface area contributed by atoms with E-state index in [9.17, 15) is 5.11 Å². The summed E-state index contributed by atoms with van der Waals surface area (Å²) in [5.74, 6) is 5.85. The van der Waals surface area contributed by atoms with Crippen LogP contribution in [0.1, 0.15) is 97.8 Å². The van der Waals surface area contributed by atoms with Crippen molar-refractivity contribution < 1.29 is 5.11 Å². The van der Waals surface area contributed by atoms with Gasteiger partial charge in [-0.05, 0) is 92.3 Å². The number of allylic oxidation sites excluding steroid dienone is 1. The molecule has 1 N–H and O–H groups in total. The van der Waals surface area contributed by atoms with Crippen molar-refractivity contribution in [3.05, 3.63) is 11.6 Å². The van der Waals surface area contributed by atoms with Crippen LogP contribution in [0.3, 0.4) is 0 Å². The van der Waals surface area contributed by atoms with Gasteiger partial charge in [0.15, 0.2) is 0 Å². The fourth-order valence-corrected chi connectivity index (χ4v) is 7.73. The molecule has 4 aliphatic carbocycles. The predicted molar refractivity (Wildman–Crippen MR) is 110 cm³/mol. The minimum atomic E-state index is -0.0658. The molecule has 0 heterocycles. The molecule has 1 nitrogen and oxygen atoms in total. The predicted octanol–water partition coefficient (Wildman–Crippen LogP) is 6.75. The van der Waals surface area contributed by atoms with Crippen molar-refractivity contribution in [3.63, 3.8) is 0 Å². The second-order valence-electron chi connectivity index (χ2n) is 11.0. The van der Waals surface area contributed by atoms with Crippen molar-refractivity contribution in [2.45, 2.75) is 104 Å². The molecule has 0 saturated heterocycles. The molecular formula is C25H42O. The lowest BCUT2D eigenvalue weighted by Gasteiger charge is -2.55. The Labute approximate surface area is 162 Å². The summed E-state index contributed by atoms with van der Waals surface area (Å²) in [6.45, 7) is 7.28. The highest BCUT2D eigenvalue weighted by molar-refractivity contribution is 5.24. The van der Waals surface area contributed by atoms with Crippen molar-refractivity contribution in [2.75, 3.05) is 0 Å². The van der Waals surface area contributed by atoms with Crippen LogP contribution in [-0.4, -0.2) is 11.2 Å². The molecule has 7 atom stereocenters. The molecule has 4 rings (SSSR count). The van der Waals surface area contributed by atoms with E-state index >= 15 is 0 Å². The summed E-state index contributed by atoms with van der Waals surface area (Å²) >= 11 is 0. The first-order valence-corrected chi connectivity index (χ1v) is 11.9. The van der Waals surface area contributed by atoms with Crippen molar-refractivity contribution in [3.8, 4) is 0 Å². The first kappa shape index (κ1) is 19.0. The highest BCUT2D eigenvalue weighted by atomic mass is 16.3. The van der Waals surface area contributed by atoms with Crippen molar-refractivity contribution in [1.82, 2.24) is 0 Å². The molecule has 7 unspecified atom stereocenters. The third-order valence-electron chi connectivity index (χ3n) is 9.15. The van der Waals surface area contributed by atoms with Gasteiger partial charge in [-0.15, -0.1) is 0 Å². The lowest BCUT2D eigenvalue weighted by atomic mass is 9.50. The van der Waals surface area contributed by atoms with E-state index < -0.39 is 0 Å². The number of rotatable bonds is 5. The zero-order valence-electron chi connectivity index (χ0n) is 17.6. The average molecular weight is 359 g/mol. The summed E-state index contributed by atoms with van der Waals surface area (Å²) in [6, 6.07) is 0. The molecule has 0 spiro atoms. The van der Waals surface area contributed by atoms with E-state index in [4.69, 9.17) is 0 Å². The van der Waals surface area contributed by atoms with Gasteiger partial charge in [-0.1, -0.05) is 58.1 Å². The molecule has 4 aliphatic rings. The minimum absolute atomic E-state index is 0.0658. The second kappa shape index (κ2) is 7.61. The van der Waals surface area contributed by atoms with Gasteiger partial charge in [0.2, 0.25) is 0 Å². The largest absolute Gasteiger partial charge is 0.393 e. The number of unbranched alkanes of at least 4 members (excludes halogenated alkanes) is 1. The maximum Gasteiger partial charge on any atom is 0.0577 e. The van der Waals surface area contributed by atoms with E-state index in [1.54, 1.807) is 5.57 Å². The van der Waals surface area contributed by atoms with Crippen molar-refractivity contribution in [1.29, 1.82) is 0 Å². The van der Waals surface area contributed by atoms with Gasteiger partial charge in [-0.25, -0.2) is 0 Å². The Bertz CT molecular complexity index is 520. The van der Waals surface area contributed by atoms with Gasteiger partial charge in [-0.3, -0.25) is 0 Å². The van der Waals surface area contributed by atoms with E-state index in [-0.39, 0.29) is 6.10 Å². The highest BCUT2D eigenvalue weighted by Gasteiger charge is 2.53. The Morgan fingerprint density at radius 2 is 1.85 bits per heavy atom. The minimum Gasteiger partial charge on any atom is -0.393 e. The topological polar surface area (TPSA) is 20.2 Å². The van der Waals surface area contributed by atoms with Crippen LogP contribution in [-0.2, 0) is 0 Å². The first-order valence-electron chi connectivity index (χ1n) is 11.9. The fourth-order valence-electron chi connectivity index (χ4n) is 7.73. The number of hydrogen-bond acceptors (Lipinski definition) is 1. The fraction of sp³-hybridized carbons (Fsp3) is 0.920. The maximum atomic E-state index is 10.1. The van der Waals surface area contributed by atoms with E-state index in [1.807, 2.05) is 0 Å². The Morgan fingerprint density at radius 1 is 1.04 bits per heavy atom. The van der Waals surface area contributed by atoms with Crippen molar-refractivity contribution in [2.24, 2.45) is 40.9 Å². The lowest BCUT2D eigenvalue weighted by molar-refractivity contribution is -0.0120. The van der Waals surface area contributed by atoms with E-state index in [0.29, 0.717) is 5.41 Å². The summed E-state index contributed by atoms with van der Waals surface area (Å²) in [5.41, 5.74) is 2.04. The van der Waals surface area contributed by atoms with Gasteiger partial charge in [-0.2, -0.15) is 0 Å². The molecule has 0 aliphatic heterocycles. The van der Waals surface area contributed by atoms with Crippen LogP contribution in [0.2, 0.25) is 0 Å². The summed E-state index contributed by atoms with van der Waals surface area (Å²) in [6.07, 6.45) is 18.9. The third kappa shape index (κ3) is 3.43. The Balaban J connectivity index is 1.40. The molecule has 1 heteroatoms. The Kier molecular flexibility index (Phi) is 5.57. The summed E-state index contributed by atoms with van der Waals surface area (Å²) in [4.78, 5) is 0. The summed E-state index contributed by atoms with van der Waals surface area (Å²) in [7, 11) is 0. The highest BCUT2D eigenvalue weighted by Crippen LogP contribution is 2.62. The van der Waals surface area contributed by atoms with Crippen LogP contribution < -0.4 is 0 Å². The van der Waals surface area contributed by atoms with Crippen LogP contribution >= 0.6 is 0 Å². The van der Waals surface area contributed by atoms with Gasteiger partial charge in [0, 0.05) is 0 Å². The molecule has 0 aromatic rings. The number of aliphatic hydroxyl groups excluding tert-OH is 1. The first-order chi connectivity index (χ1) is 12.5. The SMILES string of the molecule is CC(C)CCCCC1CCC2C1CCC1C2CC=C2CC(O)CCC21C. The monoisotopic (exact) mass is 358 g/mol. The van der Waals surface area contributed by atoms with Crippen LogP contribution in [0.5, 0.6) is 0 Å². The molecular weight excluding hydrogens is 316 g/mol. The average Bonchev–Trinajstić information content (AvgIpc) is 3.02. The van der Waals surface area contributed by atoms with E-state index in [1.165, 1.54) is 64.2 Å². The Hall–Kier alpha value is -0.300. The van der Waals surface area contributed by atoms with Gasteiger partial charge < -0.3 is 5.11 Å². The van der Waals surface area contributed by atoms with Crippen LogP contribution in [0.15, 0.2) is 11.6 Å². The zero-order valence-corrected chi connectivity index (χ0v) is 17.6. The number of fused-ring (bicyclic) bond motifs is 5. The van der Waals surface area contributed by atoms with E-state index in [0.717, 1.165) is 48.3 Å². The third-order valence-corrected chi connectivity index (χ3v) is 9.15. The molecule has 3 saturated carbocycles. The second-order valence-corrected chi connectivity index (χ2v) is 11.0. The summed E-state index contributed by atoms with van der Waals surface area (Å²) < 4.78 is 0. The molecule has 0 bridgehead atoms. The Morgan fingerprint density at radius 3 is 2.65 bits per heavy atom. The van der Waals surface area contributed by atoms with Crippen molar-refractivity contribution >= 4 is 0 Å². The van der Waals surface area contributed by atoms with Gasteiger partial charge in [0.05, 0.1) is 6.10 Å². The molecule has 0 aromatic heterocycles. The quantitative estimate of drug-likeness (QED) is 0.425. The van der Waals surface area contributed by atoms with Gasteiger partial charge in [0.25, 0.3) is 0 Å². The van der Waals surface area contributed by atoms with Crippen LogP contribution in [0, 0.1) is 40.9 Å².